The molecule has 0 unspecified atom stereocenters. The van der Waals surface area contributed by atoms with Gasteiger partial charge in [0.1, 0.15) is 12.2 Å². The Bertz CT molecular complexity index is 1550. The maximum absolute atomic E-state index is 13.9. The molecule has 18 atom stereocenters. The summed E-state index contributed by atoms with van der Waals surface area (Å²) in [6.07, 6.45) is 1.54. The lowest BCUT2D eigenvalue weighted by Crippen LogP contribution is -2.59. The summed E-state index contributed by atoms with van der Waals surface area (Å²) in [6, 6.07) is 0. The van der Waals surface area contributed by atoms with Crippen LogP contribution in [0.1, 0.15) is 88.5 Å². The van der Waals surface area contributed by atoms with Crippen molar-refractivity contribution in [2.45, 2.75) is 162 Å². The van der Waals surface area contributed by atoms with Crippen LogP contribution in [0.2, 0.25) is 0 Å². The number of rotatable bonds is 10. The number of hydrogen-bond donors (Lipinski definition) is 6. The van der Waals surface area contributed by atoms with Crippen LogP contribution in [-0.4, -0.2) is 125 Å². The summed E-state index contributed by atoms with van der Waals surface area (Å²) in [5, 5.41) is 57.6. The highest BCUT2D eigenvalue weighted by Gasteiger charge is 2.52. The monoisotopic (exact) mass is 852 g/mol. The molecule has 0 spiro atoms. The van der Waals surface area contributed by atoms with Crippen LogP contribution in [0, 0.1) is 35.5 Å². The summed E-state index contributed by atoms with van der Waals surface area (Å²) < 4.78 is 41.3. The van der Waals surface area contributed by atoms with Crippen molar-refractivity contribution >= 4 is 12.1 Å². The normalized spacial score (nSPS) is 42.7. The third kappa shape index (κ3) is 13.2. The van der Waals surface area contributed by atoms with Gasteiger partial charge >= 0.3 is 12.1 Å². The molecule has 0 aromatic carbocycles. The molecule has 3 aliphatic heterocycles. The van der Waals surface area contributed by atoms with Crippen molar-refractivity contribution in [3.63, 3.8) is 0 Å². The Morgan fingerprint density at radius 2 is 1.72 bits per heavy atom. The first-order chi connectivity index (χ1) is 28.1. The minimum absolute atomic E-state index is 0.0314. The fourth-order valence-electron chi connectivity index (χ4n) is 8.64. The molecule has 3 aliphatic rings. The van der Waals surface area contributed by atoms with E-state index in [1.165, 1.54) is 20.3 Å². The van der Waals surface area contributed by atoms with E-state index in [-0.39, 0.29) is 36.4 Å². The Morgan fingerprint density at radius 1 is 1.05 bits per heavy atom. The number of methoxy groups -OCH3 is 2. The van der Waals surface area contributed by atoms with Gasteiger partial charge in [-0.1, -0.05) is 89.1 Å². The van der Waals surface area contributed by atoms with Crippen LogP contribution in [0.15, 0.2) is 59.4 Å². The van der Waals surface area contributed by atoms with E-state index in [2.05, 4.69) is 0 Å². The number of aliphatic hydroxyl groups excluding tert-OH is 4. The van der Waals surface area contributed by atoms with Gasteiger partial charge in [0.25, 0.3) is 0 Å². The molecule has 60 heavy (non-hydrogen) atoms. The molecular weight excluding hydrogens is 778 g/mol. The number of carbonyl (C=O) groups is 2. The van der Waals surface area contributed by atoms with Gasteiger partial charge in [-0.05, 0) is 46.1 Å². The topological polar surface area (TPSA) is 226 Å². The Hall–Kier alpha value is -3.12. The van der Waals surface area contributed by atoms with E-state index in [0.717, 1.165) is 5.57 Å². The summed E-state index contributed by atoms with van der Waals surface area (Å²) in [4.78, 5) is 25.3. The average Bonchev–Trinajstić information content (AvgIpc) is 3.18. The zero-order valence-electron chi connectivity index (χ0n) is 37.5. The summed E-state index contributed by atoms with van der Waals surface area (Å²) in [5.41, 5.74) is 6.76. The second-order valence-electron chi connectivity index (χ2n) is 17.3. The molecule has 0 aromatic heterocycles. The fourth-order valence-corrected chi connectivity index (χ4v) is 8.64. The number of cyclic esters (lactones) is 1. The van der Waals surface area contributed by atoms with E-state index < -0.39 is 103 Å². The molecule has 2 saturated heterocycles. The van der Waals surface area contributed by atoms with Crippen LogP contribution in [0.5, 0.6) is 0 Å². The Morgan fingerprint density at radius 3 is 2.30 bits per heavy atom. The fraction of sp³-hybridized carbons (Fsp3) is 0.733. The number of allylic oxidation sites excluding steroid dienone is 6. The number of primary amides is 1. The standard InChI is InChI=1S/C45H73NO14/c1-13-15-33-27(6)36(57-37-21-32(47)42(31(10)56-37)59-44(46)52)22-45(53,60-33)30(9)40(50)29(8)41-34(54-11)17-14-16-23(2)18-25(4)38(48)28(7)39(49)26(5)19-24(3)20-35(55-12)43(51)58-41/h13-17,19-20,25-34,36-42,47-50,53H,18,21-22H2,1-12H3,(H2,46,52)/b15-13+,17-14+,23-16+,24-19+,35-20-/t25-,26-,27+,28+,29-,30+,31+,32+,33+,34+,36+,37-,38+,39-,40+,41-,42+,45+/m0/s1. The molecule has 1 amide bonds. The average molecular weight is 852 g/mol. The Balaban J connectivity index is 1.99. The summed E-state index contributed by atoms with van der Waals surface area (Å²) >= 11 is 0. The van der Waals surface area contributed by atoms with Crippen molar-refractivity contribution in [2.24, 2.45) is 41.2 Å². The molecule has 15 nitrogen and oxygen atoms in total. The van der Waals surface area contributed by atoms with Gasteiger partial charge in [-0.3, -0.25) is 0 Å². The van der Waals surface area contributed by atoms with Gasteiger partial charge in [0.05, 0.1) is 49.8 Å². The van der Waals surface area contributed by atoms with Crippen LogP contribution in [0.3, 0.4) is 0 Å². The molecule has 0 bridgehead atoms. The first-order valence-corrected chi connectivity index (χ1v) is 21.1. The maximum atomic E-state index is 13.9. The lowest BCUT2D eigenvalue weighted by Gasteiger charge is -2.49. The molecule has 15 heteroatoms. The van der Waals surface area contributed by atoms with Gasteiger partial charge < -0.3 is 64.4 Å². The predicted molar refractivity (Wildman–Crippen MR) is 224 cm³/mol. The van der Waals surface area contributed by atoms with E-state index in [9.17, 15) is 35.1 Å². The lowest BCUT2D eigenvalue weighted by molar-refractivity contribution is -0.338. The van der Waals surface area contributed by atoms with Gasteiger partial charge in [0.2, 0.25) is 5.76 Å². The van der Waals surface area contributed by atoms with Crippen molar-refractivity contribution < 1.29 is 68.3 Å². The van der Waals surface area contributed by atoms with E-state index in [1.807, 2.05) is 47.6 Å². The molecule has 7 N–H and O–H groups in total. The molecule has 3 heterocycles. The lowest BCUT2D eigenvalue weighted by atomic mass is 9.77. The summed E-state index contributed by atoms with van der Waals surface area (Å²) in [5.74, 6) is -6.06. The molecule has 3 rings (SSSR count). The maximum Gasteiger partial charge on any atom is 0.404 e. The van der Waals surface area contributed by atoms with Crippen LogP contribution >= 0.6 is 0 Å². The summed E-state index contributed by atoms with van der Waals surface area (Å²) in [7, 11) is 2.80. The minimum Gasteiger partial charge on any atom is -0.490 e. The van der Waals surface area contributed by atoms with Gasteiger partial charge in [-0.15, -0.1) is 0 Å². The number of hydrogen-bond acceptors (Lipinski definition) is 14. The van der Waals surface area contributed by atoms with E-state index in [1.54, 1.807) is 58.1 Å². The predicted octanol–water partition coefficient (Wildman–Crippen LogP) is 4.59. The molecular formula is C45H73NO14. The zero-order chi connectivity index (χ0) is 45.2. The smallest absolute Gasteiger partial charge is 0.404 e. The first kappa shape index (κ1) is 51.2. The van der Waals surface area contributed by atoms with Gasteiger partial charge in [0.15, 0.2) is 18.2 Å². The molecule has 0 radical (unpaired) electrons. The third-order valence-corrected chi connectivity index (χ3v) is 12.5. The number of amides is 1. The number of aliphatic hydroxyl groups is 5. The van der Waals surface area contributed by atoms with Crippen molar-refractivity contribution in [1.29, 1.82) is 0 Å². The van der Waals surface area contributed by atoms with Gasteiger partial charge in [-0.25, -0.2) is 9.59 Å². The Kier molecular flexibility index (Phi) is 19.5. The SMILES string of the molecule is C/C=C/[C@H]1O[C@@](O)([C@H](C)[C@H](O)[C@H](C)[C@@H]2OC(=O)/C(OC)=C/C(C)=C/[C@H](C)[C@H](O)[C@H](C)[C@H](O)[C@@H](C)C/C(C)=C/C=C/[C@H]2OC)C[C@@H](O[C@H]2C[C@@H](O)[C@H](OC(N)=O)[C@@H](C)O2)[C@@H]1C. The third-order valence-electron chi connectivity index (χ3n) is 12.5. The van der Waals surface area contributed by atoms with Crippen LogP contribution < -0.4 is 5.73 Å². The van der Waals surface area contributed by atoms with E-state index >= 15 is 0 Å². The van der Waals surface area contributed by atoms with Crippen LogP contribution in [0.4, 0.5) is 4.79 Å². The first-order valence-electron chi connectivity index (χ1n) is 21.1. The highest BCUT2D eigenvalue weighted by atomic mass is 16.7. The second-order valence-corrected chi connectivity index (χ2v) is 17.3. The van der Waals surface area contributed by atoms with Crippen molar-refractivity contribution in [2.75, 3.05) is 14.2 Å². The van der Waals surface area contributed by atoms with Gasteiger partial charge in [0, 0.05) is 49.5 Å². The summed E-state index contributed by atoms with van der Waals surface area (Å²) in [6.45, 7) is 18.0. The molecule has 2 fully saturated rings. The quantitative estimate of drug-likeness (QED) is 0.131. The van der Waals surface area contributed by atoms with Crippen molar-refractivity contribution in [3.8, 4) is 0 Å². The van der Waals surface area contributed by atoms with E-state index in [4.69, 9.17) is 38.9 Å². The second kappa shape index (κ2) is 22.8. The molecule has 0 aromatic rings. The number of nitrogens with two attached hydrogens (primary N) is 1. The van der Waals surface area contributed by atoms with Gasteiger partial charge in [-0.2, -0.15) is 0 Å². The zero-order valence-corrected chi connectivity index (χ0v) is 37.5. The molecule has 0 aliphatic carbocycles. The van der Waals surface area contributed by atoms with E-state index in [0.29, 0.717) is 12.0 Å². The van der Waals surface area contributed by atoms with Crippen molar-refractivity contribution in [1.82, 2.24) is 0 Å². The highest BCUT2D eigenvalue weighted by Crippen LogP contribution is 2.42. The van der Waals surface area contributed by atoms with Crippen molar-refractivity contribution in [3.05, 3.63) is 59.4 Å². The Labute approximate surface area is 356 Å². The highest BCUT2D eigenvalue weighted by molar-refractivity contribution is 5.87. The number of esters is 1. The number of ether oxygens (including phenoxy) is 7. The molecule has 342 valence electrons. The largest absolute Gasteiger partial charge is 0.490 e. The van der Waals surface area contributed by atoms with Crippen LogP contribution in [0.25, 0.3) is 0 Å². The number of carbonyl (C=O) groups excluding carboxylic acids is 2. The minimum atomic E-state index is -1.97. The van der Waals surface area contributed by atoms with Crippen LogP contribution in [-0.2, 0) is 38.0 Å². The molecule has 0 saturated carbocycles.